The third kappa shape index (κ3) is 4.10. The minimum absolute atomic E-state index is 0.108. The zero-order valence-electron chi connectivity index (χ0n) is 13.7. The monoisotopic (exact) mass is 355 g/mol. The highest BCUT2D eigenvalue weighted by Crippen LogP contribution is 2.39. The highest BCUT2D eigenvalue weighted by atomic mass is 79.9. The molecule has 1 heterocycles. The van der Waals surface area contributed by atoms with Crippen molar-refractivity contribution >= 4 is 15.9 Å². The van der Waals surface area contributed by atoms with Crippen molar-refractivity contribution in [1.82, 2.24) is 9.78 Å². The molecule has 0 radical (unpaired) electrons. The van der Waals surface area contributed by atoms with Crippen molar-refractivity contribution in [1.29, 1.82) is 0 Å². The number of nitrogens with zero attached hydrogens (tertiary/aromatic N) is 2. The van der Waals surface area contributed by atoms with E-state index in [0.29, 0.717) is 12.0 Å². The molecule has 1 aliphatic carbocycles. The maximum atomic E-state index is 6.61. The molecule has 1 aromatic rings. The molecule has 4 heteroatoms. The van der Waals surface area contributed by atoms with Crippen LogP contribution in [0.5, 0.6) is 0 Å². The molecule has 0 spiro atoms. The average molecular weight is 356 g/mol. The van der Waals surface area contributed by atoms with Gasteiger partial charge in [-0.15, -0.1) is 0 Å². The Kier molecular flexibility index (Phi) is 6.30. The lowest BCUT2D eigenvalue weighted by molar-refractivity contribution is 0.226. The number of rotatable bonds is 6. The van der Waals surface area contributed by atoms with E-state index in [0.717, 1.165) is 10.4 Å². The molecule has 0 aliphatic heterocycles. The van der Waals surface area contributed by atoms with E-state index >= 15 is 0 Å². The first-order chi connectivity index (χ1) is 10.0. The number of unbranched alkanes of at least 4 members (excludes halogenated alkanes) is 1. The van der Waals surface area contributed by atoms with Crippen LogP contribution in [0.25, 0.3) is 0 Å². The summed E-state index contributed by atoms with van der Waals surface area (Å²) in [6.07, 6.45) is 11.2. The second kappa shape index (κ2) is 7.77. The van der Waals surface area contributed by atoms with Gasteiger partial charge in [-0.3, -0.25) is 4.68 Å². The first-order valence-corrected chi connectivity index (χ1v) is 9.32. The fourth-order valence-electron chi connectivity index (χ4n) is 3.63. The van der Waals surface area contributed by atoms with Crippen molar-refractivity contribution < 1.29 is 0 Å². The summed E-state index contributed by atoms with van der Waals surface area (Å²) < 4.78 is 3.15. The Labute approximate surface area is 137 Å². The van der Waals surface area contributed by atoms with Gasteiger partial charge in [0.15, 0.2) is 0 Å². The second-order valence-corrected chi connectivity index (χ2v) is 7.72. The standard InChI is InChI=1S/C17H30BrN3/c1-4-5-6-13-7-9-14(10-8-13)16(19)17-15(18)11-20-21(17)12(2)3/h11-14,16H,4-10,19H2,1-3H3. The third-order valence-corrected chi connectivity index (χ3v) is 5.57. The van der Waals surface area contributed by atoms with Crippen molar-refractivity contribution in [2.45, 2.75) is 77.8 Å². The number of nitrogens with two attached hydrogens (primary N) is 1. The molecule has 1 saturated carbocycles. The van der Waals surface area contributed by atoms with Gasteiger partial charge in [0.2, 0.25) is 0 Å². The number of halogens is 1. The van der Waals surface area contributed by atoms with Gasteiger partial charge in [-0.25, -0.2) is 0 Å². The molecule has 1 unspecified atom stereocenters. The number of hydrogen-bond acceptors (Lipinski definition) is 2. The molecule has 2 N–H and O–H groups in total. The zero-order chi connectivity index (χ0) is 15.4. The molecule has 0 bridgehead atoms. The Balaban J connectivity index is 1.99. The van der Waals surface area contributed by atoms with Gasteiger partial charge in [-0.05, 0) is 54.5 Å². The fourth-order valence-corrected chi connectivity index (χ4v) is 4.16. The van der Waals surface area contributed by atoms with E-state index in [2.05, 4.69) is 46.5 Å². The SMILES string of the molecule is CCCCC1CCC(C(N)c2c(Br)cnn2C(C)C)CC1. The summed E-state index contributed by atoms with van der Waals surface area (Å²) in [7, 11) is 0. The van der Waals surface area contributed by atoms with Gasteiger partial charge in [-0.2, -0.15) is 5.10 Å². The Morgan fingerprint density at radius 3 is 2.57 bits per heavy atom. The summed E-state index contributed by atoms with van der Waals surface area (Å²) in [4.78, 5) is 0. The zero-order valence-corrected chi connectivity index (χ0v) is 15.3. The largest absolute Gasteiger partial charge is 0.322 e. The van der Waals surface area contributed by atoms with Gasteiger partial charge in [0.25, 0.3) is 0 Å². The van der Waals surface area contributed by atoms with E-state index in [-0.39, 0.29) is 6.04 Å². The van der Waals surface area contributed by atoms with E-state index in [1.54, 1.807) is 0 Å². The fraction of sp³-hybridized carbons (Fsp3) is 0.824. The van der Waals surface area contributed by atoms with Crippen LogP contribution < -0.4 is 5.73 Å². The number of aromatic nitrogens is 2. The summed E-state index contributed by atoms with van der Waals surface area (Å²) in [5, 5.41) is 4.48. The average Bonchev–Trinajstić information content (AvgIpc) is 2.87. The van der Waals surface area contributed by atoms with Gasteiger partial charge in [0.1, 0.15) is 0 Å². The van der Waals surface area contributed by atoms with Crippen LogP contribution in [0.3, 0.4) is 0 Å². The number of hydrogen-bond donors (Lipinski definition) is 1. The van der Waals surface area contributed by atoms with Crippen LogP contribution in [0.1, 0.15) is 83.5 Å². The topological polar surface area (TPSA) is 43.8 Å². The molecule has 0 aromatic carbocycles. The molecular formula is C17H30BrN3. The van der Waals surface area contributed by atoms with Crippen molar-refractivity contribution in [3.05, 3.63) is 16.4 Å². The molecule has 1 aliphatic rings. The first kappa shape index (κ1) is 17.0. The van der Waals surface area contributed by atoms with E-state index in [1.807, 2.05) is 6.20 Å². The first-order valence-electron chi connectivity index (χ1n) is 8.53. The van der Waals surface area contributed by atoms with Crippen LogP contribution in [0.15, 0.2) is 10.7 Å². The van der Waals surface area contributed by atoms with Gasteiger partial charge in [0.05, 0.1) is 22.4 Å². The van der Waals surface area contributed by atoms with Crippen LogP contribution in [-0.2, 0) is 0 Å². The molecule has 0 amide bonds. The van der Waals surface area contributed by atoms with Crippen LogP contribution in [0.2, 0.25) is 0 Å². The molecule has 1 fully saturated rings. The van der Waals surface area contributed by atoms with E-state index in [1.165, 1.54) is 50.6 Å². The molecule has 120 valence electrons. The second-order valence-electron chi connectivity index (χ2n) is 6.86. The van der Waals surface area contributed by atoms with Crippen LogP contribution in [0.4, 0.5) is 0 Å². The van der Waals surface area contributed by atoms with E-state index in [4.69, 9.17) is 5.73 Å². The van der Waals surface area contributed by atoms with Gasteiger partial charge < -0.3 is 5.73 Å². The minimum atomic E-state index is 0.108. The normalized spacial score (nSPS) is 24.5. The lowest BCUT2D eigenvalue weighted by atomic mass is 9.76. The molecule has 0 saturated heterocycles. The molecule has 3 nitrogen and oxygen atoms in total. The maximum absolute atomic E-state index is 6.61. The van der Waals surface area contributed by atoms with E-state index in [9.17, 15) is 0 Å². The van der Waals surface area contributed by atoms with Crippen LogP contribution >= 0.6 is 15.9 Å². The summed E-state index contributed by atoms with van der Waals surface area (Å²) in [6.45, 7) is 6.61. The van der Waals surface area contributed by atoms with Crippen LogP contribution in [-0.4, -0.2) is 9.78 Å². The molecular weight excluding hydrogens is 326 g/mol. The van der Waals surface area contributed by atoms with Gasteiger partial charge >= 0.3 is 0 Å². The smallest absolute Gasteiger partial charge is 0.0699 e. The van der Waals surface area contributed by atoms with Crippen molar-refractivity contribution in [3.8, 4) is 0 Å². The molecule has 1 aromatic heterocycles. The molecule has 21 heavy (non-hydrogen) atoms. The summed E-state index contributed by atoms with van der Waals surface area (Å²) in [6, 6.07) is 0.467. The Morgan fingerprint density at radius 2 is 2.00 bits per heavy atom. The van der Waals surface area contributed by atoms with Crippen molar-refractivity contribution in [2.75, 3.05) is 0 Å². The molecule has 2 rings (SSSR count). The quantitative estimate of drug-likeness (QED) is 0.759. The predicted molar refractivity (Wildman–Crippen MR) is 92.2 cm³/mol. The maximum Gasteiger partial charge on any atom is 0.0699 e. The summed E-state index contributed by atoms with van der Waals surface area (Å²) in [5.41, 5.74) is 7.79. The molecule has 1 atom stereocenters. The van der Waals surface area contributed by atoms with Crippen molar-refractivity contribution in [2.24, 2.45) is 17.6 Å². The highest BCUT2D eigenvalue weighted by molar-refractivity contribution is 9.10. The lowest BCUT2D eigenvalue weighted by Gasteiger charge is -2.33. The Hall–Kier alpha value is -0.350. The lowest BCUT2D eigenvalue weighted by Crippen LogP contribution is -2.29. The highest BCUT2D eigenvalue weighted by Gasteiger charge is 2.29. The van der Waals surface area contributed by atoms with Crippen LogP contribution in [0, 0.1) is 11.8 Å². The minimum Gasteiger partial charge on any atom is -0.322 e. The Bertz CT molecular complexity index is 433. The Morgan fingerprint density at radius 1 is 1.33 bits per heavy atom. The summed E-state index contributed by atoms with van der Waals surface area (Å²) >= 11 is 3.64. The van der Waals surface area contributed by atoms with Gasteiger partial charge in [-0.1, -0.05) is 39.0 Å². The van der Waals surface area contributed by atoms with Gasteiger partial charge in [0, 0.05) is 6.04 Å². The van der Waals surface area contributed by atoms with E-state index < -0.39 is 0 Å². The predicted octanol–water partition coefficient (Wildman–Crippen LogP) is 5.22. The third-order valence-electron chi connectivity index (χ3n) is 4.96. The summed E-state index contributed by atoms with van der Waals surface area (Å²) in [5.74, 6) is 1.54. The van der Waals surface area contributed by atoms with Crippen molar-refractivity contribution in [3.63, 3.8) is 0 Å².